The van der Waals surface area contributed by atoms with Gasteiger partial charge in [0.05, 0.1) is 0 Å². The lowest BCUT2D eigenvalue weighted by Gasteiger charge is -2.33. The number of pyridine rings is 1. The fourth-order valence-electron chi connectivity index (χ4n) is 3.40. The molecule has 132 valence electrons. The van der Waals surface area contributed by atoms with Crippen molar-refractivity contribution in [2.24, 2.45) is 0 Å². The molecule has 1 aliphatic heterocycles. The highest BCUT2D eigenvalue weighted by Crippen LogP contribution is 2.12. The highest BCUT2D eigenvalue weighted by molar-refractivity contribution is 5.76. The largest absolute Gasteiger partial charge is 0.352 e. The molecule has 4 heteroatoms. The molecule has 1 fully saturated rings. The Morgan fingerprint density at radius 2 is 1.96 bits per heavy atom. The molecule has 1 aromatic carbocycles. The van der Waals surface area contributed by atoms with Crippen molar-refractivity contribution in [3.63, 3.8) is 0 Å². The molecule has 1 aliphatic rings. The summed E-state index contributed by atoms with van der Waals surface area (Å²) in [5.74, 6) is 0.139. The van der Waals surface area contributed by atoms with Crippen molar-refractivity contribution in [1.29, 1.82) is 0 Å². The second kappa shape index (κ2) is 9.33. The van der Waals surface area contributed by atoms with Crippen LogP contribution in [0.2, 0.25) is 0 Å². The first kappa shape index (κ1) is 17.6. The summed E-state index contributed by atoms with van der Waals surface area (Å²) in [7, 11) is 0. The maximum atomic E-state index is 12.2. The Balaban J connectivity index is 1.39. The quantitative estimate of drug-likeness (QED) is 0.845. The van der Waals surface area contributed by atoms with Crippen molar-refractivity contribution in [3.05, 3.63) is 66.0 Å². The summed E-state index contributed by atoms with van der Waals surface area (Å²) >= 11 is 0. The summed E-state index contributed by atoms with van der Waals surface area (Å²) in [5.41, 5.74) is 2.36. The summed E-state index contributed by atoms with van der Waals surface area (Å²) in [6.07, 6.45) is 6.30. The van der Waals surface area contributed by atoms with E-state index in [2.05, 4.69) is 45.5 Å². The topological polar surface area (TPSA) is 45.2 Å². The second-order valence-electron chi connectivity index (χ2n) is 6.76. The van der Waals surface area contributed by atoms with E-state index in [1.54, 1.807) is 6.20 Å². The third-order valence-electron chi connectivity index (χ3n) is 4.76. The van der Waals surface area contributed by atoms with Crippen LogP contribution < -0.4 is 5.32 Å². The van der Waals surface area contributed by atoms with Gasteiger partial charge in [0.15, 0.2) is 0 Å². The van der Waals surface area contributed by atoms with Crippen LogP contribution in [0.5, 0.6) is 0 Å². The van der Waals surface area contributed by atoms with Gasteiger partial charge in [-0.05, 0) is 49.9 Å². The number of nitrogens with zero attached hydrogens (tertiary/aromatic N) is 2. The van der Waals surface area contributed by atoms with Crippen LogP contribution in [-0.4, -0.2) is 41.5 Å². The van der Waals surface area contributed by atoms with Crippen LogP contribution in [0.4, 0.5) is 0 Å². The Labute approximate surface area is 150 Å². The van der Waals surface area contributed by atoms with Crippen molar-refractivity contribution >= 4 is 5.91 Å². The lowest BCUT2D eigenvalue weighted by atomic mass is 10.0. The number of hydrogen-bond acceptors (Lipinski definition) is 3. The summed E-state index contributed by atoms with van der Waals surface area (Å²) in [5, 5.41) is 3.21. The number of carbonyl (C=O) groups is 1. The standard InChI is InChI=1S/C21H27N3O/c25-21(12-11-19-9-4-5-14-22-19)23-20-10-6-15-24(17-20)16-13-18-7-2-1-3-8-18/h1-5,7-9,14,20H,6,10-13,15-17H2,(H,23,25). The van der Waals surface area contributed by atoms with Gasteiger partial charge in [-0.3, -0.25) is 9.78 Å². The number of aromatic nitrogens is 1. The lowest BCUT2D eigenvalue weighted by molar-refractivity contribution is -0.122. The van der Waals surface area contributed by atoms with Crippen LogP contribution in [0, 0.1) is 0 Å². The third-order valence-corrected chi connectivity index (χ3v) is 4.76. The van der Waals surface area contributed by atoms with E-state index in [-0.39, 0.29) is 11.9 Å². The number of nitrogens with one attached hydrogen (secondary N) is 1. The smallest absolute Gasteiger partial charge is 0.220 e. The first-order chi connectivity index (χ1) is 12.3. The minimum atomic E-state index is 0.139. The minimum Gasteiger partial charge on any atom is -0.352 e. The highest BCUT2D eigenvalue weighted by Gasteiger charge is 2.21. The SMILES string of the molecule is O=C(CCc1ccccn1)NC1CCCN(CCc2ccccc2)C1. The fraction of sp³-hybridized carbons (Fsp3) is 0.429. The van der Waals surface area contributed by atoms with E-state index in [1.165, 1.54) is 5.56 Å². The average Bonchev–Trinajstić information content (AvgIpc) is 2.67. The van der Waals surface area contributed by atoms with Crippen LogP contribution in [0.25, 0.3) is 0 Å². The van der Waals surface area contributed by atoms with Crippen LogP contribution in [0.3, 0.4) is 0 Å². The molecule has 0 radical (unpaired) electrons. The van der Waals surface area contributed by atoms with Gasteiger partial charge < -0.3 is 10.2 Å². The van der Waals surface area contributed by atoms with Crippen molar-refractivity contribution in [2.75, 3.05) is 19.6 Å². The van der Waals surface area contributed by atoms with E-state index in [9.17, 15) is 4.79 Å². The molecule has 2 aromatic rings. The van der Waals surface area contributed by atoms with Crippen molar-refractivity contribution < 1.29 is 4.79 Å². The van der Waals surface area contributed by atoms with E-state index in [1.807, 2.05) is 18.2 Å². The molecule has 1 aromatic heterocycles. The maximum Gasteiger partial charge on any atom is 0.220 e. The van der Waals surface area contributed by atoms with E-state index >= 15 is 0 Å². The third kappa shape index (κ3) is 5.98. The van der Waals surface area contributed by atoms with Gasteiger partial charge in [-0.2, -0.15) is 0 Å². The molecular weight excluding hydrogens is 310 g/mol. The van der Waals surface area contributed by atoms with Gasteiger partial charge in [0, 0.05) is 37.4 Å². The Kier molecular flexibility index (Phi) is 6.57. The normalized spacial score (nSPS) is 18.0. The van der Waals surface area contributed by atoms with Gasteiger partial charge in [0.25, 0.3) is 0 Å². The lowest BCUT2D eigenvalue weighted by Crippen LogP contribution is -2.48. The molecule has 0 saturated carbocycles. The van der Waals surface area contributed by atoms with E-state index in [4.69, 9.17) is 0 Å². The Bertz CT molecular complexity index is 645. The van der Waals surface area contributed by atoms with Crippen molar-refractivity contribution in [3.8, 4) is 0 Å². The summed E-state index contributed by atoms with van der Waals surface area (Å²) < 4.78 is 0. The second-order valence-corrected chi connectivity index (χ2v) is 6.76. The Hall–Kier alpha value is -2.20. The Morgan fingerprint density at radius 3 is 2.76 bits per heavy atom. The van der Waals surface area contributed by atoms with Gasteiger partial charge in [-0.25, -0.2) is 0 Å². The minimum absolute atomic E-state index is 0.139. The molecule has 3 rings (SSSR count). The van der Waals surface area contributed by atoms with E-state index in [0.29, 0.717) is 12.8 Å². The van der Waals surface area contributed by atoms with Gasteiger partial charge in [-0.15, -0.1) is 0 Å². The first-order valence-electron chi connectivity index (χ1n) is 9.25. The molecule has 1 atom stereocenters. The zero-order valence-corrected chi connectivity index (χ0v) is 14.7. The molecule has 1 saturated heterocycles. The predicted molar refractivity (Wildman–Crippen MR) is 100 cm³/mol. The van der Waals surface area contributed by atoms with Crippen molar-refractivity contribution in [2.45, 2.75) is 38.1 Å². The van der Waals surface area contributed by atoms with Gasteiger partial charge in [-0.1, -0.05) is 36.4 Å². The zero-order valence-electron chi connectivity index (χ0n) is 14.7. The number of benzene rings is 1. The zero-order chi connectivity index (χ0) is 17.3. The molecular formula is C21H27N3O. The molecule has 1 unspecified atom stereocenters. The van der Waals surface area contributed by atoms with Gasteiger partial charge >= 0.3 is 0 Å². The molecule has 1 N–H and O–H groups in total. The monoisotopic (exact) mass is 337 g/mol. The fourth-order valence-corrected chi connectivity index (χ4v) is 3.40. The van der Waals surface area contributed by atoms with E-state index in [0.717, 1.165) is 44.6 Å². The van der Waals surface area contributed by atoms with E-state index < -0.39 is 0 Å². The molecule has 2 heterocycles. The summed E-state index contributed by atoms with van der Waals surface area (Å²) in [4.78, 5) is 19.0. The summed E-state index contributed by atoms with van der Waals surface area (Å²) in [6.45, 7) is 3.15. The van der Waals surface area contributed by atoms with Crippen LogP contribution in [-0.2, 0) is 17.6 Å². The van der Waals surface area contributed by atoms with Gasteiger partial charge in [0.2, 0.25) is 5.91 Å². The number of piperidine rings is 1. The molecule has 0 aliphatic carbocycles. The molecule has 0 bridgehead atoms. The summed E-state index contributed by atoms with van der Waals surface area (Å²) in [6, 6.07) is 16.7. The predicted octanol–water partition coefficient (Wildman–Crippen LogP) is 2.84. The number of carbonyl (C=O) groups excluding carboxylic acids is 1. The van der Waals surface area contributed by atoms with Crippen LogP contribution in [0.15, 0.2) is 54.7 Å². The van der Waals surface area contributed by atoms with Gasteiger partial charge in [0.1, 0.15) is 0 Å². The molecule has 1 amide bonds. The maximum absolute atomic E-state index is 12.2. The molecule has 4 nitrogen and oxygen atoms in total. The number of rotatable bonds is 7. The Morgan fingerprint density at radius 1 is 1.12 bits per heavy atom. The number of aryl methyl sites for hydroxylation is 1. The number of amides is 1. The number of likely N-dealkylation sites (tertiary alicyclic amines) is 1. The number of hydrogen-bond donors (Lipinski definition) is 1. The first-order valence-corrected chi connectivity index (χ1v) is 9.25. The van der Waals surface area contributed by atoms with Crippen LogP contribution >= 0.6 is 0 Å². The molecule has 0 spiro atoms. The van der Waals surface area contributed by atoms with Crippen LogP contribution in [0.1, 0.15) is 30.5 Å². The molecule has 25 heavy (non-hydrogen) atoms. The highest BCUT2D eigenvalue weighted by atomic mass is 16.1. The van der Waals surface area contributed by atoms with Crippen molar-refractivity contribution in [1.82, 2.24) is 15.2 Å². The average molecular weight is 337 g/mol.